The Labute approximate surface area is 331 Å². The molecule has 0 spiro atoms. The molecule has 0 bridgehead atoms. The van der Waals surface area contributed by atoms with Crippen molar-refractivity contribution in [3.05, 3.63) is 84.5 Å². The van der Waals surface area contributed by atoms with E-state index in [2.05, 4.69) is 37.5 Å². The lowest BCUT2D eigenvalue weighted by Crippen LogP contribution is -2.70. The number of ether oxygens (including phenoxy) is 5. The first kappa shape index (κ1) is 41.1. The molecule has 2 aliphatic heterocycles. The minimum Gasteiger partial charge on any atom is -0.490 e. The molecule has 2 heterocycles. The van der Waals surface area contributed by atoms with Gasteiger partial charge in [0.2, 0.25) is 12.6 Å². The summed E-state index contributed by atoms with van der Waals surface area (Å²) in [4.78, 5) is 22.3. The van der Waals surface area contributed by atoms with Gasteiger partial charge in [0.15, 0.2) is 11.5 Å². The fourth-order valence-electron chi connectivity index (χ4n) is 9.01. The largest absolute Gasteiger partial charge is 0.490 e. The van der Waals surface area contributed by atoms with E-state index < -0.39 is 17.7 Å². The lowest BCUT2D eigenvalue weighted by atomic mass is 9.55. The zero-order valence-corrected chi connectivity index (χ0v) is 33.0. The molecule has 2 aromatic carbocycles. The normalized spacial score (nSPS) is 25.0. The smallest absolute Gasteiger partial charge is 0.318 e. The number of allylic oxidation sites excluding steroid dienone is 1. The number of carbonyl (C=O) groups is 1. The van der Waals surface area contributed by atoms with Crippen molar-refractivity contribution in [2.75, 3.05) is 46.4 Å². The Morgan fingerprint density at radius 3 is 2.52 bits per heavy atom. The van der Waals surface area contributed by atoms with E-state index >= 15 is 0 Å². The van der Waals surface area contributed by atoms with Gasteiger partial charge in [0, 0.05) is 44.2 Å². The van der Waals surface area contributed by atoms with E-state index in [9.17, 15) is 15.0 Å². The van der Waals surface area contributed by atoms with Crippen molar-refractivity contribution in [1.82, 2.24) is 10.2 Å². The minimum absolute atomic E-state index is 0.114. The molecule has 3 N–H and O–H groups in total. The molecule has 0 saturated heterocycles. The maximum Gasteiger partial charge on any atom is 0.318 e. The number of benzene rings is 2. The van der Waals surface area contributed by atoms with E-state index in [-0.39, 0.29) is 56.9 Å². The molecule has 2 amide bonds. The van der Waals surface area contributed by atoms with Crippen LogP contribution in [0.25, 0.3) is 0 Å². The zero-order chi connectivity index (χ0) is 39.5. The van der Waals surface area contributed by atoms with Crippen molar-refractivity contribution >= 4 is 11.7 Å². The van der Waals surface area contributed by atoms with Crippen LogP contribution in [-0.2, 0) is 16.1 Å². The highest BCUT2D eigenvalue weighted by atomic mass is 16.7. The van der Waals surface area contributed by atoms with E-state index in [1.807, 2.05) is 42.2 Å². The maximum absolute atomic E-state index is 14.6. The van der Waals surface area contributed by atoms with Gasteiger partial charge in [-0.2, -0.15) is 0 Å². The molecule has 12 nitrogen and oxygen atoms in total. The van der Waals surface area contributed by atoms with Gasteiger partial charge in [0.1, 0.15) is 30.8 Å². The molecule has 6 atom stereocenters. The summed E-state index contributed by atoms with van der Waals surface area (Å²) in [5.74, 6) is 1.12. The molecule has 0 unspecified atom stereocenters. The first-order chi connectivity index (χ1) is 27.4. The fraction of sp³-hybridized carbons (Fsp3) is 0.545. The molecule has 304 valence electrons. The number of hydrogen-bond acceptors (Lipinski definition) is 10. The second kappa shape index (κ2) is 19.6. The molecule has 6 rings (SSSR count). The van der Waals surface area contributed by atoms with Crippen molar-refractivity contribution in [3.8, 4) is 23.0 Å². The Bertz CT molecular complexity index is 1730. The Morgan fingerprint density at radius 1 is 1.00 bits per heavy atom. The van der Waals surface area contributed by atoms with Crippen LogP contribution in [-0.4, -0.2) is 85.1 Å². The van der Waals surface area contributed by atoms with Crippen LogP contribution in [0, 0.1) is 17.8 Å². The number of nitrogens with zero attached hydrogens (tertiary/aromatic N) is 2. The summed E-state index contributed by atoms with van der Waals surface area (Å²) in [5, 5.41) is 27.6. The van der Waals surface area contributed by atoms with Gasteiger partial charge in [-0.25, -0.2) is 4.79 Å². The molecule has 56 heavy (non-hydrogen) atoms. The van der Waals surface area contributed by atoms with Crippen LogP contribution in [0.5, 0.6) is 23.0 Å². The average Bonchev–Trinajstić information content (AvgIpc) is 3.69. The van der Waals surface area contributed by atoms with Crippen LogP contribution in [0.1, 0.15) is 82.3 Å². The van der Waals surface area contributed by atoms with Crippen molar-refractivity contribution in [2.24, 2.45) is 22.9 Å². The minimum atomic E-state index is -1.33. The number of nitrogens with one attached hydrogen (secondary N) is 1. The van der Waals surface area contributed by atoms with Crippen molar-refractivity contribution in [1.29, 1.82) is 0 Å². The van der Waals surface area contributed by atoms with Gasteiger partial charge in [0.25, 0.3) is 0 Å². The van der Waals surface area contributed by atoms with E-state index in [4.69, 9.17) is 33.7 Å². The van der Waals surface area contributed by atoms with Crippen LogP contribution in [0.4, 0.5) is 4.79 Å². The molecule has 0 aromatic heterocycles. The van der Waals surface area contributed by atoms with Crippen molar-refractivity contribution in [3.63, 3.8) is 0 Å². The number of oxime groups is 1. The summed E-state index contributed by atoms with van der Waals surface area (Å²) < 4.78 is 31.5. The molecular formula is C44H59N3O9. The van der Waals surface area contributed by atoms with Gasteiger partial charge in [-0.1, -0.05) is 55.8 Å². The zero-order valence-electron chi connectivity index (χ0n) is 33.0. The Balaban J connectivity index is 1.50. The summed E-state index contributed by atoms with van der Waals surface area (Å²) in [5.41, 5.74) is 3.65. The number of aliphatic hydroxyl groups excluding tert-OH is 2. The number of unbranched alkanes of at least 4 members (excludes halogenated alkanes) is 2. The van der Waals surface area contributed by atoms with Crippen molar-refractivity contribution in [2.45, 2.75) is 89.5 Å². The first-order valence-electron chi connectivity index (χ1n) is 20.3. The van der Waals surface area contributed by atoms with Crippen molar-refractivity contribution < 1.29 is 43.5 Å². The molecule has 0 radical (unpaired) electrons. The fourth-order valence-corrected chi connectivity index (χ4v) is 9.01. The van der Waals surface area contributed by atoms with Gasteiger partial charge in [-0.05, 0) is 92.3 Å². The Hall–Kier alpha value is -4.52. The lowest BCUT2D eigenvalue weighted by molar-refractivity contribution is -0.254. The molecule has 2 aromatic rings. The van der Waals surface area contributed by atoms with Gasteiger partial charge >= 0.3 is 6.03 Å². The average molecular weight is 774 g/mol. The van der Waals surface area contributed by atoms with E-state index in [0.717, 1.165) is 48.1 Å². The van der Waals surface area contributed by atoms with Crippen LogP contribution < -0.4 is 24.3 Å². The monoisotopic (exact) mass is 773 g/mol. The van der Waals surface area contributed by atoms with Gasteiger partial charge in [0.05, 0.1) is 18.2 Å². The second-order valence-electron chi connectivity index (χ2n) is 14.8. The van der Waals surface area contributed by atoms with Crippen LogP contribution >= 0.6 is 0 Å². The highest BCUT2D eigenvalue weighted by Gasteiger charge is 2.65. The predicted molar refractivity (Wildman–Crippen MR) is 214 cm³/mol. The van der Waals surface area contributed by atoms with E-state index in [0.29, 0.717) is 68.4 Å². The van der Waals surface area contributed by atoms with Crippen LogP contribution in [0.3, 0.4) is 0 Å². The summed E-state index contributed by atoms with van der Waals surface area (Å²) in [6.45, 7) is 13.9. The molecule has 4 aliphatic rings. The number of carbonyl (C=O) groups excluding carboxylic acids is 1. The Kier molecular flexibility index (Phi) is 14.4. The standard InChI is InChI=1S/C44H59N3O9/c1-5-19-47(43(50)45-28-30-15-17-38-39(24-30)53-29-52-38)40-27-36(46-55-8-4)34-25-31(13-9-11-20-48)33(14-10-12-21-49)41-35-26-32(51-22-6-2)16-18-37(35)56-44(40,42(34)41)54-23-7-3/h6-7,15-18,24-26,31,33,40-42,48-49H,2-3,5,8-14,19-23,27-29H2,1,4H3,(H,45,50)/t31-,33+,40-,41+,42+,44+/m0/s1. The summed E-state index contributed by atoms with van der Waals surface area (Å²) in [7, 11) is 0. The number of urea groups is 1. The molecule has 1 fully saturated rings. The Morgan fingerprint density at radius 2 is 1.77 bits per heavy atom. The maximum atomic E-state index is 14.6. The summed E-state index contributed by atoms with van der Waals surface area (Å²) >= 11 is 0. The summed E-state index contributed by atoms with van der Waals surface area (Å²) in [6.07, 6.45) is 11.6. The van der Waals surface area contributed by atoms with Gasteiger partial charge < -0.3 is 49.0 Å². The topological polar surface area (TPSA) is 141 Å². The summed E-state index contributed by atoms with van der Waals surface area (Å²) in [6, 6.07) is 10.7. The molecule has 12 heteroatoms. The quantitative estimate of drug-likeness (QED) is 0.0680. The predicted octanol–water partition coefficient (Wildman–Crippen LogP) is 7.26. The van der Waals surface area contributed by atoms with Gasteiger partial charge in [-0.3, -0.25) is 0 Å². The first-order valence-corrected chi connectivity index (χ1v) is 20.3. The molecule has 1 saturated carbocycles. The number of fused-ring (bicyclic) bond motifs is 3. The highest BCUT2D eigenvalue weighted by molar-refractivity contribution is 6.03. The van der Waals surface area contributed by atoms with Crippen LogP contribution in [0.15, 0.2) is 78.5 Å². The second-order valence-corrected chi connectivity index (χ2v) is 14.8. The third-order valence-corrected chi connectivity index (χ3v) is 11.3. The molecular weight excluding hydrogens is 714 g/mol. The van der Waals surface area contributed by atoms with Gasteiger partial charge in [-0.15, -0.1) is 6.58 Å². The SMILES string of the molecule is C=CCOc1ccc2c(c1)[C@H]1[C@H](CCCCO)[C@@H](CCCCO)C=C3C(=NOCC)C[C@H](N(CCC)C(=O)NCc4ccc5c(c4)OCO5)[C@@](OCC=C)(O2)[C@H]31. The number of rotatable bonds is 21. The molecule has 2 aliphatic carbocycles. The number of amides is 2. The van der Waals surface area contributed by atoms with Crippen LogP contribution in [0.2, 0.25) is 0 Å². The van der Waals surface area contributed by atoms with E-state index in [1.165, 1.54) is 0 Å². The number of aliphatic hydroxyl groups is 2. The lowest BCUT2D eigenvalue weighted by Gasteiger charge is -2.60. The number of hydrogen-bond donors (Lipinski definition) is 3. The third-order valence-electron chi connectivity index (χ3n) is 11.3. The highest BCUT2D eigenvalue weighted by Crippen LogP contribution is 2.62. The van der Waals surface area contributed by atoms with E-state index in [1.54, 1.807) is 12.2 Å². The third kappa shape index (κ3) is 8.72.